The van der Waals surface area contributed by atoms with Crippen LogP contribution in [-0.2, 0) is 22.9 Å². The van der Waals surface area contributed by atoms with E-state index < -0.39 is 9.84 Å². The zero-order chi connectivity index (χ0) is 17.9. The van der Waals surface area contributed by atoms with Crippen LogP contribution in [0.15, 0.2) is 48.5 Å². The average molecular weight is 380 g/mol. The molecule has 4 nitrogen and oxygen atoms in total. The SMILES string of the molecule is COc1ccc(CN(Cc2cccc(Cl)c2)[C@@H]2CCS(=O)(=O)C2)cc1. The minimum absolute atomic E-state index is 0.0334. The molecule has 1 aliphatic heterocycles. The lowest BCUT2D eigenvalue weighted by atomic mass is 10.1. The molecule has 0 aromatic heterocycles. The molecule has 3 rings (SSSR count). The van der Waals surface area contributed by atoms with Crippen LogP contribution in [0.5, 0.6) is 5.75 Å². The highest BCUT2D eigenvalue weighted by Gasteiger charge is 2.32. The predicted molar refractivity (Wildman–Crippen MR) is 101 cm³/mol. The molecule has 25 heavy (non-hydrogen) atoms. The van der Waals surface area contributed by atoms with E-state index in [0.717, 1.165) is 16.9 Å². The van der Waals surface area contributed by atoms with Gasteiger partial charge in [-0.3, -0.25) is 4.90 Å². The number of hydrogen-bond donors (Lipinski definition) is 0. The molecule has 1 atom stereocenters. The maximum absolute atomic E-state index is 11.9. The van der Waals surface area contributed by atoms with Gasteiger partial charge in [0, 0.05) is 24.2 Å². The fourth-order valence-corrected chi connectivity index (χ4v) is 5.19. The Labute approximate surface area is 154 Å². The Morgan fingerprint density at radius 3 is 2.44 bits per heavy atom. The molecule has 1 aliphatic rings. The Bertz CT molecular complexity index is 821. The third-order valence-electron chi connectivity index (χ3n) is 4.54. The summed E-state index contributed by atoms with van der Waals surface area (Å²) in [4.78, 5) is 2.23. The molecule has 2 aromatic rings. The molecule has 0 aliphatic carbocycles. The van der Waals surface area contributed by atoms with Crippen molar-refractivity contribution in [2.45, 2.75) is 25.6 Å². The fraction of sp³-hybridized carbons (Fsp3) is 0.368. The van der Waals surface area contributed by atoms with E-state index in [1.807, 2.05) is 48.5 Å². The van der Waals surface area contributed by atoms with Crippen LogP contribution in [0.4, 0.5) is 0 Å². The van der Waals surface area contributed by atoms with Crippen molar-refractivity contribution in [1.29, 1.82) is 0 Å². The second-order valence-corrected chi connectivity index (χ2v) is 9.10. The molecular weight excluding hydrogens is 358 g/mol. The maximum atomic E-state index is 11.9. The molecule has 0 N–H and O–H groups in total. The summed E-state index contributed by atoms with van der Waals surface area (Å²) >= 11 is 6.10. The van der Waals surface area contributed by atoms with E-state index in [-0.39, 0.29) is 17.5 Å². The van der Waals surface area contributed by atoms with Gasteiger partial charge in [0.05, 0.1) is 18.6 Å². The van der Waals surface area contributed by atoms with Gasteiger partial charge in [0.25, 0.3) is 0 Å². The number of benzene rings is 2. The Balaban J connectivity index is 1.80. The summed E-state index contributed by atoms with van der Waals surface area (Å²) < 4.78 is 29.0. The molecule has 0 unspecified atom stereocenters. The van der Waals surface area contributed by atoms with Crippen LogP contribution in [0.25, 0.3) is 0 Å². The molecule has 2 aromatic carbocycles. The number of hydrogen-bond acceptors (Lipinski definition) is 4. The number of halogens is 1. The minimum Gasteiger partial charge on any atom is -0.497 e. The molecular formula is C19H22ClNO3S. The summed E-state index contributed by atoms with van der Waals surface area (Å²) in [6.07, 6.45) is 0.680. The van der Waals surface area contributed by atoms with Gasteiger partial charge in [0.15, 0.2) is 9.84 Å². The highest BCUT2D eigenvalue weighted by atomic mass is 35.5. The van der Waals surface area contributed by atoms with Crippen LogP contribution in [0.1, 0.15) is 17.5 Å². The highest BCUT2D eigenvalue weighted by molar-refractivity contribution is 7.91. The summed E-state index contributed by atoms with van der Waals surface area (Å²) in [5, 5.41) is 0.695. The summed E-state index contributed by atoms with van der Waals surface area (Å²) in [6, 6.07) is 15.7. The van der Waals surface area contributed by atoms with E-state index in [1.54, 1.807) is 7.11 Å². The Hall–Kier alpha value is -1.56. The van der Waals surface area contributed by atoms with Crippen molar-refractivity contribution in [2.75, 3.05) is 18.6 Å². The molecule has 1 saturated heterocycles. The standard InChI is InChI=1S/C19H22ClNO3S/c1-24-19-7-5-15(6-8-19)12-21(18-9-10-25(22,23)14-18)13-16-3-2-4-17(20)11-16/h2-8,11,18H,9-10,12-14H2,1H3/t18-/m1/s1. The smallest absolute Gasteiger partial charge is 0.151 e. The van der Waals surface area contributed by atoms with Gasteiger partial charge in [0.2, 0.25) is 0 Å². The van der Waals surface area contributed by atoms with Crippen LogP contribution >= 0.6 is 11.6 Å². The summed E-state index contributed by atoms with van der Waals surface area (Å²) in [6.45, 7) is 1.36. The highest BCUT2D eigenvalue weighted by Crippen LogP contribution is 2.24. The second kappa shape index (κ2) is 7.77. The van der Waals surface area contributed by atoms with E-state index in [9.17, 15) is 8.42 Å². The first-order valence-electron chi connectivity index (χ1n) is 8.27. The van der Waals surface area contributed by atoms with Gasteiger partial charge >= 0.3 is 0 Å². The van der Waals surface area contributed by atoms with Crippen LogP contribution in [0.3, 0.4) is 0 Å². The first-order valence-corrected chi connectivity index (χ1v) is 10.5. The average Bonchev–Trinajstić information content (AvgIpc) is 2.95. The molecule has 0 radical (unpaired) electrons. The molecule has 134 valence electrons. The van der Waals surface area contributed by atoms with Crippen LogP contribution in [-0.4, -0.2) is 38.0 Å². The number of rotatable bonds is 6. The first-order chi connectivity index (χ1) is 11.9. The van der Waals surface area contributed by atoms with Gasteiger partial charge in [-0.25, -0.2) is 8.42 Å². The number of sulfone groups is 1. The summed E-state index contributed by atoms with van der Waals surface area (Å²) in [5.74, 6) is 1.31. The zero-order valence-corrected chi connectivity index (χ0v) is 15.8. The molecule has 0 spiro atoms. The molecule has 0 amide bonds. The topological polar surface area (TPSA) is 46.6 Å². The van der Waals surface area contributed by atoms with E-state index >= 15 is 0 Å². The molecule has 6 heteroatoms. The van der Waals surface area contributed by atoms with Crippen molar-refractivity contribution in [3.05, 3.63) is 64.7 Å². The van der Waals surface area contributed by atoms with E-state index in [2.05, 4.69) is 4.90 Å². The van der Waals surface area contributed by atoms with Crippen LogP contribution < -0.4 is 4.74 Å². The quantitative estimate of drug-likeness (QED) is 0.770. The van der Waals surface area contributed by atoms with Gasteiger partial charge in [0.1, 0.15) is 5.75 Å². The zero-order valence-electron chi connectivity index (χ0n) is 14.2. The van der Waals surface area contributed by atoms with E-state index in [0.29, 0.717) is 24.5 Å². The molecule has 0 bridgehead atoms. The molecule has 1 heterocycles. The monoisotopic (exact) mass is 379 g/mol. The van der Waals surface area contributed by atoms with Crippen molar-refractivity contribution in [2.24, 2.45) is 0 Å². The number of methoxy groups -OCH3 is 1. The number of nitrogens with zero attached hydrogens (tertiary/aromatic N) is 1. The molecule has 1 fully saturated rings. The van der Waals surface area contributed by atoms with Crippen molar-refractivity contribution in [1.82, 2.24) is 4.90 Å². The van der Waals surface area contributed by atoms with Gasteiger partial charge in [-0.1, -0.05) is 35.9 Å². The third-order valence-corrected chi connectivity index (χ3v) is 6.53. The summed E-state index contributed by atoms with van der Waals surface area (Å²) in [5.41, 5.74) is 2.22. The first kappa shape index (κ1) is 18.2. The van der Waals surface area contributed by atoms with Gasteiger partial charge in [-0.15, -0.1) is 0 Å². The Morgan fingerprint density at radius 2 is 1.84 bits per heavy atom. The fourth-order valence-electron chi connectivity index (χ4n) is 3.21. The normalized spacial score (nSPS) is 19.2. The second-order valence-electron chi connectivity index (χ2n) is 6.44. The lowest BCUT2D eigenvalue weighted by Crippen LogP contribution is -2.35. The van der Waals surface area contributed by atoms with Crippen molar-refractivity contribution >= 4 is 21.4 Å². The van der Waals surface area contributed by atoms with Crippen molar-refractivity contribution in [3.63, 3.8) is 0 Å². The van der Waals surface area contributed by atoms with E-state index in [4.69, 9.17) is 16.3 Å². The lowest BCUT2D eigenvalue weighted by molar-refractivity contribution is 0.194. The Kier molecular flexibility index (Phi) is 5.67. The maximum Gasteiger partial charge on any atom is 0.151 e. The largest absolute Gasteiger partial charge is 0.497 e. The molecule has 0 saturated carbocycles. The minimum atomic E-state index is -2.93. The summed E-state index contributed by atoms with van der Waals surface area (Å²) in [7, 11) is -1.29. The van der Waals surface area contributed by atoms with E-state index in [1.165, 1.54) is 0 Å². The van der Waals surface area contributed by atoms with Crippen LogP contribution in [0, 0.1) is 0 Å². The number of ether oxygens (including phenoxy) is 1. The third kappa shape index (κ3) is 4.97. The van der Waals surface area contributed by atoms with Gasteiger partial charge in [-0.2, -0.15) is 0 Å². The lowest BCUT2D eigenvalue weighted by Gasteiger charge is -2.28. The van der Waals surface area contributed by atoms with Gasteiger partial charge < -0.3 is 4.74 Å². The van der Waals surface area contributed by atoms with Crippen molar-refractivity contribution < 1.29 is 13.2 Å². The predicted octanol–water partition coefficient (Wildman–Crippen LogP) is 3.54. The van der Waals surface area contributed by atoms with Crippen LogP contribution in [0.2, 0.25) is 5.02 Å². The van der Waals surface area contributed by atoms with Gasteiger partial charge in [-0.05, 0) is 41.8 Å². The Morgan fingerprint density at radius 1 is 1.12 bits per heavy atom. The van der Waals surface area contributed by atoms with Crippen molar-refractivity contribution in [3.8, 4) is 5.75 Å².